The van der Waals surface area contributed by atoms with Crippen molar-refractivity contribution in [3.8, 4) is 16.9 Å². The Morgan fingerprint density at radius 2 is 1.68 bits per heavy atom. The van der Waals surface area contributed by atoms with Gasteiger partial charge in [0.05, 0.1) is 11.3 Å². The maximum atomic E-state index is 13.0. The fraction of sp³-hybridized carbons (Fsp3) is 0.200. The van der Waals surface area contributed by atoms with Crippen LogP contribution >= 0.6 is 15.9 Å². The minimum atomic E-state index is 0.00472. The number of hydrogen-bond acceptors (Lipinski definition) is 2. The number of hydrogen-bond donors (Lipinski definition) is 0. The van der Waals surface area contributed by atoms with Crippen molar-refractivity contribution < 1.29 is 4.79 Å². The molecule has 3 aromatic rings. The average Bonchev–Trinajstić information content (AvgIpc) is 3.09. The van der Waals surface area contributed by atoms with Gasteiger partial charge in [-0.15, -0.1) is 0 Å². The molecule has 0 N–H and O–H groups in total. The van der Waals surface area contributed by atoms with Gasteiger partial charge in [0.1, 0.15) is 5.69 Å². The number of nitrogens with zero attached hydrogens (tertiary/aromatic N) is 3. The van der Waals surface area contributed by atoms with Crippen LogP contribution in [0.4, 0.5) is 0 Å². The second kappa shape index (κ2) is 7.66. The second-order valence-corrected chi connectivity index (χ2v) is 6.57. The van der Waals surface area contributed by atoms with Crippen molar-refractivity contribution in [2.75, 3.05) is 13.1 Å². The molecule has 0 spiro atoms. The standard InChI is InChI=1S/C20H20BrN3O/c1-3-23(4-2)20(25)18-14-24(17-8-6-5-7-9-17)22-19(18)15-10-12-16(21)13-11-15/h5-14H,3-4H2,1-2H3. The molecule has 2 aromatic carbocycles. The quantitative estimate of drug-likeness (QED) is 0.620. The van der Waals surface area contributed by atoms with E-state index in [0.29, 0.717) is 24.3 Å². The van der Waals surface area contributed by atoms with Gasteiger partial charge < -0.3 is 4.90 Å². The van der Waals surface area contributed by atoms with E-state index in [2.05, 4.69) is 15.9 Å². The van der Waals surface area contributed by atoms with E-state index in [1.807, 2.05) is 79.5 Å². The molecule has 0 fully saturated rings. The summed E-state index contributed by atoms with van der Waals surface area (Å²) in [6, 6.07) is 17.7. The monoisotopic (exact) mass is 397 g/mol. The van der Waals surface area contributed by atoms with Gasteiger partial charge >= 0.3 is 0 Å². The smallest absolute Gasteiger partial charge is 0.257 e. The molecule has 0 radical (unpaired) electrons. The summed E-state index contributed by atoms with van der Waals surface area (Å²) in [7, 11) is 0. The van der Waals surface area contributed by atoms with Crippen LogP contribution in [0.5, 0.6) is 0 Å². The predicted octanol–water partition coefficient (Wildman–Crippen LogP) is 4.78. The van der Waals surface area contributed by atoms with Crippen LogP contribution in [0, 0.1) is 0 Å². The van der Waals surface area contributed by atoms with Crippen molar-refractivity contribution in [1.82, 2.24) is 14.7 Å². The zero-order valence-electron chi connectivity index (χ0n) is 14.3. The number of carbonyl (C=O) groups is 1. The molecular formula is C20H20BrN3O. The van der Waals surface area contributed by atoms with Crippen LogP contribution in [0.25, 0.3) is 16.9 Å². The first kappa shape index (κ1) is 17.4. The first-order valence-electron chi connectivity index (χ1n) is 8.34. The molecule has 0 saturated carbocycles. The number of benzene rings is 2. The largest absolute Gasteiger partial charge is 0.339 e. The topological polar surface area (TPSA) is 38.1 Å². The Bertz CT molecular complexity index is 852. The second-order valence-electron chi connectivity index (χ2n) is 5.66. The van der Waals surface area contributed by atoms with Gasteiger partial charge in [-0.2, -0.15) is 5.10 Å². The first-order valence-corrected chi connectivity index (χ1v) is 9.13. The molecule has 0 atom stereocenters. The summed E-state index contributed by atoms with van der Waals surface area (Å²) in [4.78, 5) is 14.8. The van der Waals surface area contributed by atoms with Gasteiger partial charge in [0.2, 0.25) is 0 Å². The number of halogens is 1. The Kier molecular flexibility index (Phi) is 5.34. The fourth-order valence-corrected chi connectivity index (χ4v) is 3.01. The van der Waals surface area contributed by atoms with Crippen molar-refractivity contribution in [3.05, 3.63) is 70.8 Å². The van der Waals surface area contributed by atoms with E-state index >= 15 is 0 Å². The summed E-state index contributed by atoms with van der Waals surface area (Å²) in [5, 5.41) is 4.71. The Morgan fingerprint density at radius 3 is 2.28 bits per heavy atom. The van der Waals surface area contributed by atoms with Gasteiger partial charge in [-0.25, -0.2) is 4.68 Å². The molecule has 128 valence electrons. The predicted molar refractivity (Wildman–Crippen MR) is 104 cm³/mol. The van der Waals surface area contributed by atoms with Gasteiger partial charge in [0.25, 0.3) is 5.91 Å². The SMILES string of the molecule is CCN(CC)C(=O)c1cn(-c2ccccc2)nc1-c1ccc(Br)cc1. The Balaban J connectivity index is 2.12. The molecule has 1 heterocycles. The van der Waals surface area contributed by atoms with Crippen LogP contribution in [0.3, 0.4) is 0 Å². The summed E-state index contributed by atoms with van der Waals surface area (Å²) >= 11 is 3.45. The van der Waals surface area contributed by atoms with Gasteiger partial charge in [0.15, 0.2) is 0 Å². The zero-order chi connectivity index (χ0) is 17.8. The fourth-order valence-electron chi connectivity index (χ4n) is 2.75. The van der Waals surface area contributed by atoms with Crippen LogP contribution in [-0.4, -0.2) is 33.7 Å². The minimum absolute atomic E-state index is 0.00472. The van der Waals surface area contributed by atoms with Gasteiger partial charge in [-0.1, -0.05) is 46.3 Å². The van der Waals surface area contributed by atoms with Crippen LogP contribution in [0.2, 0.25) is 0 Å². The third-order valence-electron chi connectivity index (χ3n) is 4.13. The van der Waals surface area contributed by atoms with Crippen molar-refractivity contribution in [3.63, 3.8) is 0 Å². The Labute approximate surface area is 156 Å². The molecule has 3 rings (SSSR count). The maximum absolute atomic E-state index is 13.0. The van der Waals surface area contributed by atoms with E-state index in [1.54, 1.807) is 4.68 Å². The highest BCUT2D eigenvalue weighted by Crippen LogP contribution is 2.26. The lowest BCUT2D eigenvalue weighted by Gasteiger charge is -2.18. The molecule has 0 saturated heterocycles. The molecular weight excluding hydrogens is 378 g/mol. The van der Waals surface area contributed by atoms with E-state index in [0.717, 1.165) is 15.7 Å². The Morgan fingerprint density at radius 1 is 1.04 bits per heavy atom. The average molecular weight is 398 g/mol. The molecule has 0 bridgehead atoms. The molecule has 0 aliphatic carbocycles. The highest BCUT2D eigenvalue weighted by Gasteiger charge is 2.22. The lowest BCUT2D eigenvalue weighted by Crippen LogP contribution is -2.30. The van der Waals surface area contributed by atoms with E-state index < -0.39 is 0 Å². The van der Waals surface area contributed by atoms with Gasteiger partial charge in [-0.05, 0) is 38.1 Å². The maximum Gasteiger partial charge on any atom is 0.257 e. The number of carbonyl (C=O) groups excluding carboxylic acids is 1. The summed E-state index contributed by atoms with van der Waals surface area (Å²) < 4.78 is 2.77. The highest BCUT2D eigenvalue weighted by atomic mass is 79.9. The summed E-state index contributed by atoms with van der Waals surface area (Å²) in [5.41, 5.74) is 3.18. The molecule has 5 heteroatoms. The van der Waals surface area contributed by atoms with E-state index in [9.17, 15) is 4.79 Å². The molecule has 4 nitrogen and oxygen atoms in total. The third-order valence-corrected chi connectivity index (χ3v) is 4.66. The van der Waals surface area contributed by atoms with Crippen molar-refractivity contribution >= 4 is 21.8 Å². The number of rotatable bonds is 5. The van der Waals surface area contributed by atoms with Crippen LogP contribution in [0.1, 0.15) is 24.2 Å². The highest BCUT2D eigenvalue weighted by molar-refractivity contribution is 9.10. The van der Waals surface area contributed by atoms with Crippen LogP contribution in [0.15, 0.2) is 65.3 Å². The molecule has 0 aliphatic heterocycles. The van der Waals surface area contributed by atoms with Crippen LogP contribution < -0.4 is 0 Å². The normalized spacial score (nSPS) is 10.7. The van der Waals surface area contributed by atoms with Gasteiger partial charge in [-0.3, -0.25) is 4.79 Å². The number of aromatic nitrogens is 2. The third kappa shape index (κ3) is 3.66. The molecule has 0 unspecified atom stereocenters. The van der Waals surface area contributed by atoms with Crippen LogP contribution in [-0.2, 0) is 0 Å². The number of para-hydroxylation sites is 1. The Hall–Kier alpha value is -2.40. The minimum Gasteiger partial charge on any atom is -0.339 e. The van der Waals surface area contributed by atoms with Crippen molar-refractivity contribution in [2.24, 2.45) is 0 Å². The lowest BCUT2D eigenvalue weighted by molar-refractivity contribution is 0.0773. The zero-order valence-corrected chi connectivity index (χ0v) is 15.9. The lowest BCUT2D eigenvalue weighted by atomic mass is 10.1. The molecule has 1 amide bonds. The summed E-state index contributed by atoms with van der Waals surface area (Å²) in [5.74, 6) is 0.00472. The molecule has 25 heavy (non-hydrogen) atoms. The first-order chi connectivity index (χ1) is 12.1. The summed E-state index contributed by atoms with van der Waals surface area (Å²) in [6.45, 7) is 5.32. The molecule has 0 aliphatic rings. The number of amides is 1. The van der Waals surface area contributed by atoms with E-state index in [1.165, 1.54) is 0 Å². The van der Waals surface area contributed by atoms with Gasteiger partial charge in [0, 0.05) is 29.3 Å². The molecule has 1 aromatic heterocycles. The van der Waals surface area contributed by atoms with Crippen molar-refractivity contribution in [2.45, 2.75) is 13.8 Å². The van der Waals surface area contributed by atoms with Crippen molar-refractivity contribution in [1.29, 1.82) is 0 Å². The van der Waals surface area contributed by atoms with E-state index in [4.69, 9.17) is 5.10 Å². The summed E-state index contributed by atoms with van der Waals surface area (Å²) in [6.07, 6.45) is 1.83. The van der Waals surface area contributed by atoms with E-state index in [-0.39, 0.29) is 5.91 Å².